The van der Waals surface area contributed by atoms with Gasteiger partial charge in [0.15, 0.2) is 0 Å². The molecule has 2 fully saturated rings. The normalized spacial score (nSPS) is 20.5. The number of nitrogens with one attached hydrogen (secondary N) is 3. The van der Waals surface area contributed by atoms with Gasteiger partial charge in [-0.05, 0) is 46.1 Å². The van der Waals surface area contributed by atoms with E-state index in [4.69, 9.17) is 24.7 Å². The molecule has 10 nitrogen and oxygen atoms in total. The number of likely N-dealkylation sites (N-methyl/N-ethyl adjacent to an activating group) is 1. The number of nitrogens with two attached hydrogens (primary N) is 1. The number of aldehydes is 1. The van der Waals surface area contributed by atoms with Gasteiger partial charge >= 0.3 is 6.03 Å². The van der Waals surface area contributed by atoms with Crippen molar-refractivity contribution in [3.8, 4) is 0 Å². The number of carbonyl (C=O) groups is 3. The Hall–Kier alpha value is -1.66. The number of urea groups is 1. The monoisotopic (exact) mass is 544 g/mol. The van der Waals surface area contributed by atoms with Crippen LogP contribution in [0.4, 0.5) is 4.79 Å². The van der Waals surface area contributed by atoms with E-state index in [9.17, 15) is 9.59 Å². The number of ketones is 1. The van der Waals surface area contributed by atoms with Crippen LogP contribution in [0.5, 0.6) is 0 Å². The molecule has 0 aromatic heterocycles. The fraction of sp³-hybridized carbons (Fsp3) is 0.808. The summed E-state index contributed by atoms with van der Waals surface area (Å²) in [6, 6.07) is 0.484. The summed E-state index contributed by atoms with van der Waals surface area (Å²) in [5.41, 5.74) is 6.66. The van der Waals surface area contributed by atoms with Crippen LogP contribution >= 0.6 is 11.8 Å². The molecular weight excluding hydrogens is 496 g/mol. The van der Waals surface area contributed by atoms with Crippen LogP contribution in [0.25, 0.3) is 0 Å². The number of allylic oxidation sites excluding steroid dienone is 1. The molecule has 2 rings (SSSR count). The number of Topliss-reactive ketones (excluding diaryl/α,β-unsaturated/α-hetero) is 1. The summed E-state index contributed by atoms with van der Waals surface area (Å²) in [4.78, 5) is 32.3. The summed E-state index contributed by atoms with van der Waals surface area (Å²) in [6.45, 7) is 5.67. The quantitative estimate of drug-likeness (QED) is 0.0972. The Morgan fingerprint density at radius 3 is 2.32 bits per heavy atom. The number of rotatable bonds is 21. The molecular formula is C26H48N4O6S. The molecule has 0 spiro atoms. The Bertz CT molecular complexity index is 667. The van der Waals surface area contributed by atoms with Crippen molar-refractivity contribution in [2.24, 2.45) is 5.73 Å². The van der Waals surface area contributed by atoms with Crippen molar-refractivity contribution in [3.63, 3.8) is 0 Å². The molecule has 0 aliphatic carbocycles. The third kappa shape index (κ3) is 16.7. The lowest BCUT2D eigenvalue weighted by atomic mass is 10.0. The van der Waals surface area contributed by atoms with Crippen molar-refractivity contribution in [3.05, 3.63) is 11.8 Å². The Morgan fingerprint density at radius 1 is 1.03 bits per heavy atom. The lowest BCUT2D eigenvalue weighted by molar-refractivity contribution is -0.119. The van der Waals surface area contributed by atoms with Gasteiger partial charge < -0.3 is 40.7 Å². The van der Waals surface area contributed by atoms with Crippen molar-refractivity contribution in [1.82, 2.24) is 16.0 Å². The molecule has 2 amide bonds. The maximum atomic E-state index is 12.1. The zero-order valence-corrected chi connectivity index (χ0v) is 23.5. The second-order valence-electron chi connectivity index (χ2n) is 9.03. The molecule has 3 atom stereocenters. The van der Waals surface area contributed by atoms with Crippen LogP contribution in [-0.4, -0.2) is 94.4 Å². The second-order valence-corrected chi connectivity index (χ2v) is 10.3. The molecule has 2 saturated heterocycles. The summed E-state index contributed by atoms with van der Waals surface area (Å²) < 4.78 is 16.6. The minimum atomic E-state index is -0.0416. The Balaban J connectivity index is 0.00000217. The Morgan fingerprint density at radius 2 is 1.65 bits per heavy atom. The van der Waals surface area contributed by atoms with Crippen molar-refractivity contribution in [1.29, 1.82) is 0 Å². The van der Waals surface area contributed by atoms with E-state index < -0.39 is 0 Å². The van der Waals surface area contributed by atoms with E-state index in [1.165, 1.54) is 6.92 Å². The summed E-state index contributed by atoms with van der Waals surface area (Å²) in [7, 11) is 1.88. The molecule has 0 unspecified atom stereocenters. The number of thioether (sulfide) groups is 1. The molecule has 11 heteroatoms. The van der Waals surface area contributed by atoms with E-state index in [-0.39, 0.29) is 18.1 Å². The maximum Gasteiger partial charge on any atom is 0.315 e. The van der Waals surface area contributed by atoms with E-state index in [0.29, 0.717) is 63.5 Å². The average Bonchev–Trinajstić information content (AvgIpc) is 3.42. The third-order valence-electron chi connectivity index (χ3n) is 5.90. The van der Waals surface area contributed by atoms with Crippen molar-refractivity contribution in [2.45, 2.75) is 75.6 Å². The minimum absolute atomic E-state index is 0.0416. The minimum Gasteiger partial charge on any atom is -0.401 e. The van der Waals surface area contributed by atoms with Gasteiger partial charge in [0.25, 0.3) is 0 Å². The SMILES string of the molecule is CC=O.CNC/C(N)=C/CCCOCCOCCOCCCC(=O)CCCC[C@@H]1SC[C@H]2NC(=O)N[C@@H]12. The molecule has 214 valence electrons. The number of fused-ring (bicyclic) bond motifs is 1. The van der Waals surface area contributed by atoms with Gasteiger partial charge in [-0.2, -0.15) is 11.8 Å². The van der Waals surface area contributed by atoms with Gasteiger partial charge in [0.2, 0.25) is 0 Å². The summed E-state index contributed by atoms with van der Waals surface area (Å²) in [6.07, 6.45) is 9.63. The molecule has 0 radical (unpaired) electrons. The Labute approximate surface area is 226 Å². The van der Waals surface area contributed by atoms with E-state index >= 15 is 0 Å². The van der Waals surface area contributed by atoms with Crippen LogP contribution in [-0.2, 0) is 23.8 Å². The fourth-order valence-electron chi connectivity index (χ4n) is 4.10. The summed E-state index contributed by atoms with van der Waals surface area (Å²) in [5, 5.41) is 9.46. The largest absolute Gasteiger partial charge is 0.401 e. The van der Waals surface area contributed by atoms with Gasteiger partial charge in [0.1, 0.15) is 12.1 Å². The molecule has 0 saturated carbocycles. The van der Waals surface area contributed by atoms with Gasteiger partial charge in [-0.3, -0.25) is 4.79 Å². The van der Waals surface area contributed by atoms with E-state index in [2.05, 4.69) is 16.0 Å². The van der Waals surface area contributed by atoms with E-state index in [1.54, 1.807) is 0 Å². The van der Waals surface area contributed by atoms with E-state index in [1.807, 2.05) is 24.9 Å². The van der Waals surface area contributed by atoms with Crippen molar-refractivity contribution >= 4 is 29.9 Å². The van der Waals surface area contributed by atoms with Gasteiger partial charge in [0, 0.05) is 49.3 Å². The fourth-order valence-corrected chi connectivity index (χ4v) is 5.64. The number of hydrogen-bond acceptors (Lipinski definition) is 9. The van der Waals surface area contributed by atoms with Crippen molar-refractivity contribution < 1.29 is 28.6 Å². The van der Waals surface area contributed by atoms with Crippen LogP contribution < -0.4 is 21.7 Å². The standard InChI is InChI=1S/C24H44N4O5S.C2H4O/c1-26-17-19(25)7-4-5-11-31-13-15-33-16-14-32-12-6-9-20(29)8-2-3-10-22-23-21(18-34-22)27-24(30)28-23;1-2-3/h7,21-23,26H,2-6,8-18,25H2,1H3,(H2,27,28,30);2H,1H3/b19-7-;/t21-,22+,23-;/m1./s1. The third-order valence-corrected chi connectivity index (χ3v) is 7.41. The number of ether oxygens (including phenoxy) is 3. The first kappa shape index (κ1) is 33.4. The van der Waals surface area contributed by atoms with Gasteiger partial charge in [-0.25, -0.2) is 4.79 Å². The smallest absolute Gasteiger partial charge is 0.315 e. The predicted molar refractivity (Wildman–Crippen MR) is 148 cm³/mol. The maximum absolute atomic E-state index is 12.1. The highest BCUT2D eigenvalue weighted by atomic mass is 32.2. The molecule has 0 aromatic rings. The van der Waals surface area contributed by atoms with Crippen LogP contribution in [0.15, 0.2) is 11.8 Å². The zero-order valence-electron chi connectivity index (χ0n) is 22.6. The molecule has 2 aliphatic heterocycles. The van der Waals surface area contributed by atoms with Crippen LogP contribution in [0, 0.1) is 0 Å². The lowest BCUT2D eigenvalue weighted by Crippen LogP contribution is -2.36. The first-order chi connectivity index (χ1) is 18.0. The molecule has 2 heterocycles. The lowest BCUT2D eigenvalue weighted by Gasteiger charge is -2.16. The molecule has 0 aromatic carbocycles. The first-order valence-corrected chi connectivity index (χ1v) is 14.5. The number of hydrogen-bond donors (Lipinski definition) is 4. The van der Waals surface area contributed by atoms with Gasteiger partial charge in [-0.1, -0.05) is 12.5 Å². The summed E-state index contributed by atoms with van der Waals surface area (Å²) in [5.74, 6) is 1.29. The number of amides is 2. The van der Waals surface area contributed by atoms with Crippen LogP contribution in [0.2, 0.25) is 0 Å². The van der Waals surface area contributed by atoms with Crippen LogP contribution in [0.1, 0.15) is 58.3 Å². The number of carbonyl (C=O) groups excluding carboxylic acids is 3. The second kappa shape index (κ2) is 22.3. The highest BCUT2D eigenvalue weighted by Gasteiger charge is 2.42. The molecule has 2 aliphatic rings. The first-order valence-electron chi connectivity index (χ1n) is 13.4. The Kier molecular flexibility index (Phi) is 20.1. The molecule has 0 bridgehead atoms. The molecule has 5 N–H and O–H groups in total. The molecule has 37 heavy (non-hydrogen) atoms. The van der Waals surface area contributed by atoms with Gasteiger partial charge in [0.05, 0.1) is 38.5 Å². The summed E-state index contributed by atoms with van der Waals surface area (Å²) >= 11 is 1.93. The zero-order chi connectivity index (χ0) is 27.1. The van der Waals surface area contributed by atoms with Crippen LogP contribution in [0.3, 0.4) is 0 Å². The number of unbranched alkanes of at least 4 members (excludes halogenated alkanes) is 2. The topological polar surface area (TPSA) is 141 Å². The highest BCUT2D eigenvalue weighted by Crippen LogP contribution is 2.33. The highest BCUT2D eigenvalue weighted by molar-refractivity contribution is 8.00. The van der Waals surface area contributed by atoms with Gasteiger partial charge in [-0.15, -0.1) is 0 Å². The average molecular weight is 545 g/mol. The van der Waals surface area contributed by atoms with Crippen molar-refractivity contribution in [2.75, 3.05) is 59.0 Å². The van der Waals surface area contributed by atoms with E-state index in [0.717, 1.165) is 62.8 Å². The predicted octanol–water partition coefficient (Wildman–Crippen LogP) is 2.16.